The van der Waals surface area contributed by atoms with Gasteiger partial charge in [-0.05, 0) is 66.3 Å². The summed E-state index contributed by atoms with van der Waals surface area (Å²) in [7, 11) is 3.22. The van der Waals surface area contributed by atoms with Crippen molar-refractivity contribution in [2.45, 2.75) is 37.4 Å². The van der Waals surface area contributed by atoms with Crippen LogP contribution in [0.1, 0.15) is 24.0 Å². The lowest BCUT2D eigenvalue weighted by Gasteiger charge is -2.32. The summed E-state index contributed by atoms with van der Waals surface area (Å²) in [6, 6.07) is 18.2. The van der Waals surface area contributed by atoms with Crippen LogP contribution in [0.15, 0.2) is 69.9 Å². The van der Waals surface area contributed by atoms with Gasteiger partial charge in [0.2, 0.25) is 5.91 Å². The molecule has 39 heavy (non-hydrogen) atoms. The minimum atomic E-state index is -0.0628. The van der Waals surface area contributed by atoms with Crippen molar-refractivity contribution >= 4 is 39.2 Å². The SMILES string of the molecule is COc1ccc(CCn2c(SCC(=O)N3CCC(Cc4ccccc4)CC3)nc3ccsc3c2=O)cc1OC. The summed E-state index contributed by atoms with van der Waals surface area (Å²) in [5.41, 5.74) is 3.01. The summed E-state index contributed by atoms with van der Waals surface area (Å²) in [6.45, 7) is 2.01. The molecule has 204 valence electrons. The number of fused-ring (bicyclic) bond motifs is 1. The van der Waals surface area contributed by atoms with Crippen LogP contribution in [-0.2, 0) is 24.2 Å². The Balaban J connectivity index is 1.24. The van der Waals surface area contributed by atoms with Gasteiger partial charge in [-0.25, -0.2) is 4.98 Å². The first-order valence-corrected chi connectivity index (χ1v) is 15.1. The number of nitrogens with zero attached hydrogens (tertiary/aromatic N) is 3. The average molecular weight is 564 g/mol. The van der Waals surface area contributed by atoms with Gasteiger partial charge in [-0.3, -0.25) is 14.2 Å². The second-order valence-corrected chi connectivity index (χ2v) is 11.6. The topological polar surface area (TPSA) is 73.7 Å². The molecule has 0 radical (unpaired) electrons. The third kappa shape index (κ3) is 6.47. The summed E-state index contributed by atoms with van der Waals surface area (Å²) in [4.78, 5) is 33.2. The van der Waals surface area contributed by atoms with Crippen LogP contribution in [0.25, 0.3) is 10.2 Å². The van der Waals surface area contributed by atoms with Crippen LogP contribution >= 0.6 is 23.1 Å². The molecule has 0 spiro atoms. The van der Waals surface area contributed by atoms with E-state index in [2.05, 4.69) is 24.3 Å². The number of carbonyl (C=O) groups excluding carboxylic acids is 1. The summed E-state index contributed by atoms with van der Waals surface area (Å²) < 4.78 is 13.1. The summed E-state index contributed by atoms with van der Waals surface area (Å²) in [6.07, 6.45) is 3.71. The summed E-state index contributed by atoms with van der Waals surface area (Å²) >= 11 is 2.75. The third-order valence-electron chi connectivity index (χ3n) is 7.26. The van der Waals surface area contributed by atoms with Gasteiger partial charge in [0.1, 0.15) is 4.70 Å². The van der Waals surface area contributed by atoms with Gasteiger partial charge in [0.05, 0.1) is 25.5 Å². The van der Waals surface area contributed by atoms with Crippen LogP contribution in [0.5, 0.6) is 11.5 Å². The first kappa shape index (κ1) is 27.3. The zero-order chi connectivity index (χ0) is 27.2. The van der Waals surface area contributed by atoms with Crippen molar-refractivity contribution in [1.29, 1.82) is 0 Å². The van der Waals surface area contributed by atoms with E-state index in [0.29, 0.717) is 45.8 Å². The highest BCUT2D eigenvalue weighted by molar-refractivity contribution is 7.99. The Morgan fingerprint density at radius 2 is 1.79 bits per heavy atom. The Hall–Kier alpha value is -3.30. The maximum Gasteiger partial charge on any atom is 0.272 e. The molecule has 1 amide bonds. The molecule has 0 N–H and O–H groups in total. The number of hydrogen-bond donors (Lipinski definition) is 0. The molecular weight excluding hydrogens is 530 g/mol. The summed E-state index contributed by atoms with van der Waals surface area (Å²) in [5, 5.41) is 2.47. The van der Waals surface area contributed by atoms with E-state index in [9.17, 15) is 9.59 Å². The van der Waals surface area contributed by atoms with E-state index in [1.165, 1.54) is 28.7 Å². The number of hydrogen-bond acceptors (Lipinski definition) is 7. The molecule has 1 aliphatic heterocycles. The zero-order valence-electron chi connectivity index (χ0n) is 22.3. The Morgan fingerprint density at radius 1 is 1.03 bits per heavy atom. The molecule has 0 aliphatic carbocycles. The van der Waals surface area contributed by atoms with Crippen molar-refractivity contribution in [3.8, 4) is 11.5 Å². The van der Waals surface area contributed by atoms with Crippen molar-refractivity contribution < 1.29 is 14.3 Å². The van der Waals surface area contributed by atoms with Crippen molar-refractivity contribution in [2.75, 3.05) is 33.1 Å². The number of thiophene rings is 1. The molecule has 0 bridgehead atoms. The van der Waals surface area contributed by atoms with Crippen molar-refractivity contribution in [1.82, 2.24) is 14.5 Å². The quantitative estimate of drug-likeness (QED) is 0.193. The van der Waals surface area contributed by atoms with Crippen LogP contribution in [-0.4, -0.2) is 53.4 Å². The maximum absolute atomic E-state index is 13.4. The number of ether oxygens (including phenoxy) is 2. The Bertz CT molecular complexity index is 1480. The lowest BCUT2D eigenvalue weighted by Crippen LogP contribution is -2.40. The van der Waals surface area contributed by atoms with E-state index < -0.39 is 0 Å². The number of thioether (sulfide) groups is 1. The normalized spacial score (nSPS) is 14.1. The zero-order valence-corrected chi connectivity index (χ0v) is 23.9. The van der Waals surface area contributed by atoms with Crippen LogP contribution in [0, 0.1) is 5.92 Å². The van der Waals surface area contributed by atoms with Crippen molar-refractivity contribution in [3.63, 3.8) is 0 Å². The Kier molecular flexibility index (Phi) is 8.88. The minimum absolute atomic E-state index is 0.0628. The van der Waals surface area contributed by atoms with Gasteiger partial charge in [0.25, 0.3) is 5.56 Å². The van der Waals surface area contributed by atoms with Crippen molar-refractivity contribution in [2.24, 2.45) is 5.92 Å². The van der Waals surface area contributed by atoms with E-state index >= 15 is 0 Å². The van der Waals surface area contributed by atoms with E-state index in [4.69, 9.17) is 14.5 Å². The maximum atomic E-state index is 13.4. The molecule has 0 atom stereocenters. The molecule has 9 heteroatoms. The molecule has 2 aromatic carbocycles. The molecule has 5 rings (SSSR count). The van der Waals surface area contributed by atoms with E-state index in [0.717, 1.165) is 37.9 Å². The predicted molar refractivity (Wildman–Crippen MR) is 157 cm³/mol. The molecule has 1 fully saturated rings. The highest BCUT2D eigenvalue weighted by Crippen LogP contribution is 2.29. The van der Waals surface area contributed by atoms with Gasteiger partial charge >= 0.3 is 0 Å². The minimum Gasteiger partial charge on any atom is -0.493 e. The molecule has 0 saturated carbocycles. The number of aromatic nitrogens is 2. The third-order valence-corrected chi connectivity index (χ3v) is 9.11. The van der Waals surface area contributed by atoms with Gasteiger partial charge in [-0.2, -0.15) is 0 Å². The largest absolute Gasteiger partial charge is 0.493 e. The van der Waals surface area contributed by atoms with Gasteiger partial charge in [-0.1, -0.05) is 48.2 Å². The van der Waals surface area contributed by atoms with E-state index in [1.807, 2.05) is 40.6 Å². The molecule has 7 nitrogen and oxygen atoms in total. The lowest BCUT2D eigenvalue weighted by atomic mass is 9.90. The molecule has 1 saturated heterocycles. The van der Waals surface area contributed by atoms with Gasteiger partial charge in [0, 0.05) is 19.6 Å². The molecule has 4 aromatic rings. The number of benzene rings is 2. The highest BCUT2D eigenvalue weighted by Gasteiger charge is 2.24. The number of rotatable bonds is 10. The number of piperidine rings is 1. The number of carbonyl (C=O) groups is 1. The van der Waals surface area contributed by atoms with Gasteiger partial charge in [-0.15, -0.1) is 11.3 Å². The second kappa shape index (κ2) is 12.7. The molecule has 3 heterocycles. The first-order valence-electron chi connectivity index (χ1n) is 13.2. The number of methoxy groups -OCH3 is 2. The summed E-state index contributed by atoms with van der Waals surface area (Å²) in [5.74, 6) is 2.29. The number of likely N-dealkylation sites (tertiary alicyclic amines) is 1. The molecule has 2 aromatic heterocycles. The lowest BCUT2D eigenvalue weighted by molar-refractivity contribution is -0.129. The average Bonchev–Trinajstić information content (AvgIpc) is 3.45. The smallest absolute Gasteiger partial charge is 0.272 e. The van der Waals surface area contributed by atoms with Gasteiger partial charge in [0.15, 0.2) is 16.7 Å². The molecular formula is C30H33N3O4S2. The number of amides is 1. The first-order chi connectivity index (χ1) is 19.1. The van der Waals surface area contributed by atoms with E-state index in [1.54, 1.807) is 18.8 Å². The number of aryl methyl sites for hydroxylation is 1. The van der Waals surface area contributed by atoms with Gasteiger partial charge < -0.3 is 14.4 Å². The monoisotopic (exact) mass is 563 g/mol. The standard InChI is InChI=1S/C30H33N3O4S2/c1-36-25-9-8-22(19-26(25)37-2)12-16-33-29(35)28-24(13-17-38-28)31-30(33)39-20-27(34)32-14-10-23(11-15-32)18-21-6-4-3-5-7-21/h3-9,13,17,19,23H,10-12,14-16,18,20H2,1-2H3. The second-order valence-electron chi connectivity index (χ2n) is 9.73. The highest BCUT2D eigenvalue weighted by atomic mass is 32.2. The van der Waals surface area contributed by atoms with Crippen LogP contribution in [0.2, 0.25) is 0 Å². The van der Waals surface area contributed by atoms with Crippen LogP contribution in [0.4, 0.5) is 0 Å². The fourth-order valence-electron chi connectivity index (χ4n) is 5.06. The Morgan fingerprint density at radius 3 is 2.54 bits per heavy atom. The fourth-order valence-corrected chi connectivity index (χ4v) is 6.77. The Labute approximate surface area is 236 Å². The van der Waals surface area contributed by atoms with E-state index in [-0.39, 0.29) is 17.2 Å². The molecule has 0 unspecified atom stereocenters. The van der Waals surface area contributed by atoms with Crippen LogP contribution in [0.3, 0.4) is 0 Å². The predicted octanol–water partition coefficient (Wildman–Crippen LogP) is 5.29. The van der Waals surface area contributed by atoms with Crippen molar-refractivity contribution in [3.05, 3.63) is 81.5 Å². The van der Waals surface area contributed by atoms with Crippen LogP contribution < -0.4 is 15.0 Å². The molecule has 1 aliphatic rings. The fraction of sp³-hybridized carbons (Fsp3) is 0.367.